The van der Waals surface area contributed by atoms with Gasteiger partial charge in [0.15, 0.2) is 6.61 Å². The third kappa shape index (κ3) is 5.98. The van der Waals surface area contributed by atoms with Crippen molar-refractivity contribution in [2.45, 2.75) is 13.8 Å². The van der Waals surface area contributed by atoms with Gasteiger partial charge in [-0.25, -0.2) is 0 Å². The highest BCUT2D eigenvalue weighted by Crippen LogP contribution is 2.33. The molecule has 0 unspecified atom stereocenters. The summed E-state index contributed by atoms with van der Waals surface area (Å²) in [6.45, 7) is 3.06. The van der Waals surface area contributed by atoms with E-state index in [1.54, 1.807) is 37.3 Å². The highest BCUT2D eigenvalue weighted by atomic mass is 32.2. The summed E-state index contributed by atoms with van der Waals surface area (Å²) in [7, 11) is 0. The molecule has 8 nitrogen and oxygen atoms in total. The Morgan fingerprint density at radius 2 is 1.91 bits per heavy atom. The normalized spacial score (nSPS) is 14.6. The van der Waals surface area contributed by atoms with Crippen molar-refractivity contribution in [1.29, 1.82) is 0 Å². The lowest BCUT2D eigenvalue weighted by atomic mass is 10.2. The standard InChI is InChI=1S/C23H22N2O6S/c1-3-30-21(27)13-25-22(28)19(32-23(25)29)12-16-8-4-5-10-18(16)31-14-20(26)24-17-9-6-7-15(2)11-17/h4-12H,3,13-14H2,1-2H3,(H,24,26)/b19-12-. The number of para-hydroxylation sites is 1. The quantitative estimate of drug-likeness (QED) is 0.480. The lowest BCUT2D eigenvalue weighted by Gasteiger charge is -2.11. The van der Waals surface area contributed by atoms with Crippen molar-refractivity contribution < 1.29 is 28.7 Å². The van der Waals surface area contributed by atoms with E-state index in [9.17, 15) is 19.2 Å². The van der Waals surface area contributed by atoms with E-state index in [2.05, 4.69) is 5.32 Å². The number of hydrogen-bond donors (Lipinski definition) is 1. The zero-order valence-electron chi connectivity index (χ0n) is 17.6. The zero-order chi connectivity index (χ0) is 23.1. The summed E-state index contributed by atoms with van der Waals surface area (Å²) in [5, 5.41) is 2.21. The Hall–Kier alpha value is -3.59. The van der Waals surface area contributed by atoms with Gasteiger partial charge in [-0.1, -0.05) is 30.3 Å². The Bertz CT molecular complexity index is 1080. The number of anilines is 1. The first-order valence-electron chi connectivity index (χ1n) is 9.86. The molecule has 0 radical (unpaired) electrons. The summed E-state index contributed by atoms with van der Waals surface area (Å²) in [5.74, 6) is -1.19. The van der Waals surface area contributed by atoms with Gasteiger partial charge < -0.3 is 14.8 Å². The first kappa shape index (κ1) is 23.1. The number of hydrogen-bond acceptors (Lipinski definition) is 7. The summed E-state index contributed by atoms with van der Waals surface area (Å²) >= 11 is 0.729. The number of nitrogens with one attached hydrogen (secondary N) is 1. The lowest BCUT2D eigenvalue weighted by molar-refractivity contribution is -0.146. The fourth-order valence-electron chi connectivity index (χ4n) is 2.91. The van der Waals surface area contributed by atoms with Gasteiger partial charge in [0.1, 0.15) is 12.3 Å². The van der Waals surface area contributed by atoms with Crippen molar-refractivity contribution in [3.05, 3.63) is 64.6 Å². The van der Waals surface area contributed by atoms with Gasteiger partial charge in [-0.15, -0.1) is 0 Å². The van der Waals surface area contributed by atoms with E-state index in [1.807, 2.05) is 25.1 Å². The predicted octanol–water partition coefficient (Wildman–Crippen LogP) is 3.61. The Morgan fingerprint density at radius 1 is 1.12 bits per heavy atom. The second-order valence-corrected chi connectivity index (χ2v) is 7.81. The topological polar surface area (TPSA) is 102 Å². The number of benzene rings is 2. The van der Waals surface area contributed by atoms with Gasteiger partial charge in [-0.3, -0.25) is 24.1 Å². The lowest BCUT2D eigenvalue weighted by Crippen LogP contribution is -2.34. The largest absolute Gasteiger partial charge is 0.483 e. The number of ether oxygens (including phenoxy) is 2. The SMILES string of the molecule is CCOC(=O)CN1C(=O)S/C(=C\c2ccccc2OCC(=O)Nc2cccc(C)c2)C1=O. The molecule has 2 aromatic carbocycles. The Balaban J connectivity index is 1.68. The van der Waals surface area contributed by atoms with Crippen LogP contribution in [-0.4, -0.2) is 47.7 Å². The van der Waals surface area contributed by atoms with E-state index in [0.29, 0.717) is 17.0 Å². The third-order valence-corrected chi connectivity index (χ3v) is 5.24. The molecule has 2 aromatic rings. The van der Waals surface area contributed by atoms with Gasteiger partial charge in [0, 0.05) is 11.3 Å². The van der Waals surface area contributed by atoms with E-state index in [0.717, 1.165) is 22.2 Å². The molecule has 1 heterocycles. The zero-order valence-corrected chi connectivity index (χ0v) is 18.4. The Labute approximate surface area is 189 Å². The number of aryl methyl sites for hydroxylation is 1. The van der Waals surface area contributed by atoms with Crippen molar-refractivity contribution in [3.63, 3.8) is 0 Å². The second-order valence-electron chi connectivity index (χ2n) is 6.82. The van der Waals surface area contributed by atoms with Gasteiger partial charge in [0.2, 0.25) is 0 Å². The minimum atomic E-state index is -0.653. The number of nitrogens with zero attached hydrogens (tertiary/aromatic N) is 1. The maximum absolute atomic E-state index is 12.6. The van der Waals surface area contributed by atoms with E-state index < -0.39 is 23.7 Å². The predicted molar refractivity (Wildman–Crippen MR) is 121 cm³/mol. The van der Waals surface area contributed by atoms with Crippen LogP contribution in [0.15, 0.2) is 53.4 Å². The van der Waals surface area contributed by atoms with Gasteiger partial charge in [-0.2, -0.15) is 0 Å². The number of amides is 3. The van der Waals surface area contributed by atoms with E-state index >= 15 is 0 Å². The number of thioether (sulfide) groups is 1. The summed E-state index contributed by atoms with van der Waals surface area (Å²) in [4.78, 5) is 49.6. The maximum atomic E-state index is 12.6. The van der Waals surface area contributed by atoms with Gasteiger partial charge in [0.25, 0.3) is 17.1 Å². The minimum absolute atomic E-state index is 0.152. The molecular formula is C23H22N2O6S. The molecule has 9 heteroatoms. The van der Waals surface area contributed by atoms with Crippen molar-refractivity contribution in [2.75, 3.05) is 25.1 Å². The fourth-order valence-corrected chi connectivity index (χ4v) is 3.74. The Morgan fingerprint density at radius 3 is 2.66 bits per heavy atom. The first-order valence-corrected chi connectivity index (χ1v) is 10.7. The van der Waals surface area contributed by atoms with Crippen LogP contribution < -0.4 is 10.1 Å². The average molecular weight is 455 g/mol. The molecule has 3 rings (SSSR count). The van der Waals surface area contributed by atoms with Crippen molar-refractivity contribution in [1.82, 2.24) is 4.90 Å². The first-order chi connectivity index (χ1) is 15.4. The second kappa shape index (κ2) is 10.6. The van der Waals surface area contributed by atoms with Crippen molar-refractivity contribution >= 4 is 46.5 Å². The molecule has 0 spiro atoms. The van der Waals surface area contributed by atoms with Crippen LogP contribution in [0.1, 0.15) is 18.1 Å². The smallest absolute Gasteiger partial charge is 0.326 e. The maximum Gasteiger partial charge on any atom is 0.326 e. The highest BCUT2D eigenvalue weighted by molar-refractivity contribution is 8.18. The van der Waals surface area contributed by atoms with Crippen LogP contribution in [0.2, 0.25) is 0 Å². The number of rotatable bonds is 8. The molecule has 1 fully saturated rings. The number of carbonyl (C=O) groups excluding carboxylic acids is 4. The molecular weight excluding hydrogens is 432 g/mol. The van der Waals surface area contributed by atoms with Gasteiger partial charge >= 0.3 is 5.97 Å². The molecule has 0 bridgehead atoms. The van der Waals surface area contributed by atoms with Crippen LogP contribution in [0.25, 0.3) is 6.08 Å². The highest BCUT2D eigenvalue weighted by Gasteiger charge is 2.36. The van der Waals surface area contributed by atoms with Crippen LogP contribution in [-0.2, 0) is 19.1 Å². The molecule has 0 aromatic heterocycles. The fraction of sp³-hybridized carbons (Fsp3) is 0.217. The van der Waals surface area contributed by atoms with E-state index in [-0.39, 0.29) is 24.0 Å². The summed E-state index contributed by atoms with van der Waals surface area (Å²) < 4.78 is 10.5. The van der Waals surface area contributed by atoms with E-state index in [4.69, 9.17) is 9.47 Å². The van der Waals surface area contributed by atoms with Crippen LogP contribution in [0, 0.1) is 6.92 Å². The van der Waals surface area contributed by atoms with Crippen LogP contribution in [0.3, 0.4) is 0 Å². The average Bonchev–Trinajstić information content (AvgIpc) is 3.00. The Kier molecular flexibility index (Phi) is 7.67. The van der Waals surface area contributed by atoms with Crippen LogP contribution in [0.5, 0.6) is 5.75 Å². The van der Waals surface area contributed by atoms with Crippen molar-refractivity contribution in [2.24, 2.45) is 0 Å². The molecule has 1 aliphatic rings. The number of carbonyl (C=O) groups is 4. The molecule has 166 valence electrons. The van der Waals surface area contributed by atoms with E-state index in [1.165, 1.54) is 6.08 Å². The van der Waals surface area contributed by atoms with Crippen LogP contribution >= 0.6 is 11.8 Å². The minimum Gasteiger partial charge on any atom is -0.483 e. The molecule has 1 aliphatic heterocycles. The molecule has 0 aliphatic carbocycles. The molecule has 0 atom stereocenters. The molecule has 3 amide bonds. The van der Waals surface area contributed by atoms with Crippen LogP contribution in [0.4, 0.5) is 10.5 Å². The number of imide groups is 1. The third-order valence-electron chi connectivity index (χ3n) is 4.33. The molecule has 1 N–H and O–H groups in total. The summed E-state index contributed by atoms with van der Waals surface area (Å²) in [6.07, 6.45) is 1.50. The molecule has 32 heavy (non-hydrogen) atoms. The van der Waals surface area contributed by atoms with Gasteiger partial charge in [0.05, 0.1) is 11.5 Å². The molecule has 1 saturated heterocycles. The van der Waals surface area contributed by atoms with Crippen molar-refractivity contribution in [3.8, 4) is 5.75 Å². The van der Waals surface area contributed by atoms with Gasteiger partial charge in [-0.05, 0) is 55.4 Å². The monoisotopic (exact) mass is 454 g/mol. The molecule has 0 saturated carbocycles. The number of esters is 1. The summed E-state index contributed by atoms with van der Waals surface area (Å²) in [6, 6.07) is 14.2. The summed E-state index contributed by atoms with van der Waals surface area (Å²) in [5.41, 5.74) is 2.21.